The average Bonchev–Trinajstić information content (AvgIpc) is 3.42. The summed E-state index contributed by atoms with van der Waals surface area (Å²) in [6.45, 7) is 2.07. The molecule has 26 heavy (non-hydrogen) atoms. The van der Waals surface area contributed by atoms with E-state index in [0.29, 0.717) is 12.8 Å². The van der Waals surface area contributed by atoms with E-state index in [1.54, 1.807) is 6.07 Å². The van der Waals surface area contributed by atoms with Gasteiger partial charge in [0, 0.05) is 18.4 Å². The highest BCUT2D eigenvalue weighted by molar-refractivity contribution is 5.83. The van der Waals surface area contributed by atoms with Gasteiger partial charge < -0.3 is 14.9 Å². The van der Waals surface area contributed by atoms with Crippen LogP contribution in [0.25, 0.3) is 0 Å². The molecule has 3 aliphatic heterocycles. The summed E-state index contributed by atoms with van der Waals surface area (Å²) >= 11 is 0. The maximum atomic E-state index is 12.6. The van der Waals surface area contributed by atoms with Crippen molar-refractivity contribution in [3.05, 3.63) is 29.3 Å². The summed E-state index contributed by atoms with van der Waals surface area (Å²) in [4.78, 5) is 15.2. The van der Waals surface area contributed by atoms with Gasteiger partial charge in [-0.1, -0.05) is 6.07 Å². The van der Waals surface area contributed by atoms with Gasteiger partial charge in [0.1, 0.15) is 11.4 Å². The SMILES string of the molecule is O=C1O[C@@]23CCC1(O)CC21CCN(CC2CC2)[C@@H]3Cc2ccc(O)cc21. The molecule has 5 heteroatoms. The van der Waals surface area contributed by atoms with Gasteiger partial charge >= 0.3 is 5.97 Å². The van der Waals surface area contributed by atoms with Crippen molar-refractivity contribution in [2.45, 2.75) is 67.6 Å². The standard InChI is InChI=1S/C21H25NO4/c23-15-4-3-14-9-17-21-6-5-20(25,18(24)26-21)12-19(21,16(14)10-15)7-8-22(17)11-13-1-2-13/h3-4,10,13,17,23,25H,1-2,5-9,11-12H2/t17-,19?,20?,21-/m1/s1. The Morgan fingerprint density at radius 3 is 2.85 bits per heavy atom. The second kappa shape index (κ2) is 4.63. The Morgan fingerprint density at radius 2 is 2.08 bits per heavy atom. The number of hydrogen-bond donors (Lipinski definition) is 2. The summed E-state index contributed by atoms with van der Waals surface area (Å²) in [6.07, 6.45) is 6.00. The Morgan fingerprint density at radius 1 is 1.23 bits per heavy atom. The highest BCUT2D eigenvalue weighted by Gasteiger charge is 2.74. The maximum Gasteiger partial charge on any atom is 0.338 e. The zero-order valence-electron chi connectivity index (χ0n) is 14.9. The first-order valence-electron chi connectivity index (χ1n) is 9.98. The van der Waals surface area contributed by atoms with E-state index in [1.165, 1.54) is 18.4 Å². The fraction of sp³-hybridized carbons (Fsp3) is 0.667. The number of carbonyl (C=O) groups is 1. The molecule has 1 spiro atoms. The maximum absolute atomic E-state index is 12.6. The van der Waals surface area contributed by atoms with E-state index in [-0.39, 0.29) is 17.2 Å². The minimum atomic E-state index is -1.37. The van der Waals surface area contributed by atoms with Crippen LogP contribution in [-0.2, 0) is 21.4 Å². The monoisotopic (exact) mass is 355 g/mol. The Labute approximate surface area is 152 Å². The molecule has 4 bridgehead atoms. The molecule has 0 amide bonds. The zero-order valence-corrected chi connectivity index (χ0v) is 14.9. The number of nitrogens with zero attached hydrogens (tertiary/aromatic N) is 1. The van der Waals surface area contributed by atoms with Crippen molar-refractivity contribution in [1.82, 2.24) is 4.90 Å². The number of phenolic OH excluding ortho intramolecular Hbond substituents is 1. The third-order valence-electron chi connectivity index (χ3n) is 7.99. The topological polar surface area (TPSA) is 70.0 Å². The fourth-order valence-electron chi connectivity index (χ4n) is 6.59. The predicted octanol–water partition coefficient (Wildman–Crippen LogP) is 1.88. The Balaban J connectivity index is 1.55. The van der Waals surface area contributed by atoms with E-state index < -0.39 is 17.2 Å². The number of phenols is 1. The van der Waals surface area contributed by atoms with Crippen LogP contribution < -0.4 is 0 Å². The molecule has 2 unspecified atom stereocenters. The first-order chi connectivity index (χ1) is 12.5. The molecule has 1 aromatic rings. The summed E-state index contributed by atoms with van der Waals surface area (Å²) in [5.74, 6) is 0.619. The van der Waals surface area contributed by atoms with Gasteiger partial charge in [-0.15, -0.1) is 0 Å². The molecule has 1 aromatic carbocycles. The van der Waals surface area contributed by atoms with E-state index in [0.717, 1.165) is 43.8 Å². The van der Waals surface area contributed by atoms with E-state index in [4.69, 9.17) is 4.74 Å². The van der Waals surface area contributed by atoms with Crippen LogP contribution in [-0.4, -0.2) is 51.4 Å². The third-order valence-corrected chi connectivity index (χ3v) is 7.99. The average molecular weight is 355 g/mol. The molecule has 2 saturated carbocycles. The molecule has 138 valence electrons. The lowest BCUT2D eigenvalue weighted by Gasteiger charge is -2.69. The lowest BCUT2D eigenvalue weighted by atomic mass is 9.45. The summed E-state index contributed by atoms with van der Waals surface area (Å²) < 4.78 is 6.15. The van der Waals surface area contributed by atoms with Gasteiger partial charge in [0.25, 0.3) is 0 Å². The van der Waals surface area contributed by atoms with Crippen molar-refractivity contribution in [2.24, 2.45) is 5.92 Å². The lowest BCUT2D eigenvalue weighted by Crippen LogP contribution is -2.80. The number of aliphatic hydroxyl groups is 1. The van der Waals surface area contributed by atoms with Crippen LogP contribution in [0.3, 0.4) is 0 Å². The Bertz CT molecular complexity index is 820. The van der Waals surface area contributed by atoms with E-state index in [9.17, 15) is 15.0 Å². The number of fused-ring (bicyclic) bond motifs is 3. The zero-order chi connectivity index (χ0) is 17.7. The highest BCUT2D eigenvalue weighted by Crippen LogP contribution is 2.65. The van der Waals surface area contributed by atoms with Crippen molar-refractivity contribution >= 4 is 5.97 Å². The molecular weight excluding hydrogens is 330 g/mol. The lowest BCUT2D eigenvalue weighted by molar-refractivity contribution is -0.272. The number of hydrogen-bond acceptors (Lipinski definition) is 5. The van der Waals surface area contributed by atoms with E-state index >= 15 is 0 Å². The van der Waals surface area contributed by atoms with E-state index in [2.05, 4.69) is 4.90 Å². The number of aromatic hydroxyl groups is 1. The summed E-state index contributed by atoms with van der Waals surface area (Å²) in [5, 5.41) is 21.1. The largest absolute Gasteiger partial charge is 0.508 e. The van der Waals surface area contributed by atoms with Gasteiger partial charge in [-0.2, -0.15) is 0 Å². The minimum Gasteiger partial charge on any atom is -0.508 e. The molecule has 5 nitrogen and oxygen atoms in total. The van der Waals surface area contributed by atoms with Crippen LogP contribution in [0.1, 0.15) is 49.7 Å². The van der Waals surface area contributed by atoms with Gasteiger partial charge in [0.05, 0.1) is 6.04 Å². The molecule has 3 aliphatic carbocycles. The minimum absolute atomic E-state index is 0.183. The first-order valence-corrected chi connectivity index (χ1v) is 9.98. The molecule has 0 radical (unpaired) electrons. The van der Waals surface area contributed by atoms with Crippen molar-refractivity contribution in [2.75, 3.05) is 13.1 Å². The summed E-state index contributed by atoms with van der Waals surface area (Å²) in [6, 6.07) is 5.83. The first kappa shape index (κ1) is 15.5. The van der Waals surface area contributed by atoms with Gasteiger partial charge in [-0.25, -0.2) is 4.79 Å². The molecule has 5 fully saturated rings. The van der Waals surface area contributed by atoms with Crippen LogP contribution >= 0.6 is 0 Å². The van der Waals surface area contributed by atoms with Crippen molar-refractivity contribution < 1.29 is 19.7 Å². The number of carbonyl (C=O) groups excluding carboxylic acids is 1. The van der Waals surface area contributed by atoms with Crippen molar-refractivity contribution in [3.63, 3.8) is 0 Å². The van der Waals surface area contributed by atoms with Crippen LogP contribution in [0.5, 0.6) is 5.75 Å². The number of likely N-dealkylation sites (tertiary alicyclic amines) is 1. The fourth-order valence-corrected chi connectivity index (χ4v) is 6.59. The second-order valence-electron chi connectivity index (χ2n) is 9.32. The number of piperidine rings is 1. The number of benzene rings is 1. The molecule has 2 N–H and O–H groups in total. The second-order valence-corrected chi connectivity index (χ2v) is 9.32. The summed E-state index contributed by atoms with van der Waals surface area (Å²) in [5.41, 5.74) is 0.0509. The summed E-state index contributed by atoms with van der Waals surface area (Å²) in [7, 11) is 0. The Kier molecular flexibility index (Phi) is 2.75. The Hall–Kier alpha value is -1.59. The molecule has 3 heterocycles. The smallest absolute Gasteiger partial charge is 0.338 e. The van der Waals surface area contributed by atoms with E-state index in [1.807, 2.05) is 12.1 Å². The number of esters is 1. The molecule has 3 saturated heterocycles. The predicted molar refractivity (Wildman–Crippen MR) is 93.8 cm³/mol. The van der Waals surface area contributed by atoms with Crippen LogP contribution in [0.4, 0.5) is 0 Å². The van der Waals surface area contributed by atoms with Gasteiger partial charge in [-0.3, -0.25) is 4.90 Å². The highest BCUT2D eigenvalue weighted by atomic mass is 16.6. The van der Waals surface area contributed by atoms with Crippen LogP contribution in [0.2, 0.25) is 0 Å². The number of rotatable bonds is 2. The molecular formula is C21H25NO4. The number of ether oxygens (including phenoxy) is 1. The quantitative estimate of drug-likeness (QED) is 0.793. The van der Waals surface area contributed by atoms with Crippen molar-refractivity contribution in [3.8, 4) is 5.75 Å². The van der Waals surface area contributed by atoms with Crippen LogP contribution in [0, 0.1) is 5.92 Å². The van der Waals surface area contributed by atoms with Crippen molar-refractivity contribution in [1.29, 1.82) is 0 Å². The van der Waals surface area contributed by atoms with Gasteiger partial charge in [0.15, 0.2) is 5.60 Å². The normalized spacial score (nSPS) is 43.6. The molecule has 7 rings (SSSR count). The molecule has 6 aliphatic rings. The van der Waals surface area contributed by atoms with Gasteiger partial charge in [0.2, 0.25) is 0 Å². The molecule has 0 aromatic heterocycles. The van der Waals surface area contributed by atoms with Gasteiger partial charge in [-0.05, 0) is 74.2 Å². The van der Waals surface area contributed by atoms with Crippen LogP contribution in [0.15, 0.2) is 18.2 Å². The third kappa shape index (κ3) is 1.71. The molecule has 4 atom stereocenters.